The molecule has 1 aliphatic rings. The van der Waals surface area contributed by atoms with Gasteiger partial charge in [-0.3, -0.25) is 5.41 Å². The molecule has 1 aromatic rings. The maximum absolute atomic E-state index is 7.60. The molecule has 0 bridgehead atoms. The summed E-state index contributed by atoms with van der Waals surface area (Å²) in [6.45, 7) is 11.2. The van der Waals surface area contributed by atoms with Gasteiger partial charge in [-0.25, -0.2) is 4.98 Å². The van der Waals surface area contributed by atoms with E-state index < -0.39 is 0 Å². The fourth-order valence-corrected chi connectivity index (χ4v) is 3.54. The van der Waals surface area contributed by atoms with Crippen molar-refractivity contribution < 1.29 is 0 Å². The summed E-state index contributed by atoms with van der Waals surface area (Å²) in [5, 5.41) is 8.71. The minimum Gasteiger partial charge on any atom is -0.383 e. The molecule has 0 saturated carbocycles. The predicted molar refractivity (Wildman–Crippen MR) is 84.8 cm³/mol. The van der Waals surface area contributed by atoms with Gasteiger partial charge in [0, 0.05) is 39.1 Å². The number of amidine groups is 1. The summed E-state index contributed by atoms with van der Waals surface area (Å²) in [7, 11) is 0. The van der Waals surface area contributed by atoms with Crippen LogP contribution in [0.5, 0.6) is 0 Å². The molecule has 0 unspecified atom stereocenters. The molecule has 1 fully saturated rings. The first-order valence-electron chi connectivity index (χ1n) is 7.41. The van der Waals surface area contributed by atoms with Crippen molar-refractivity contribution >= 4 is 17.2 Å². The molecule has 20 heavy (non-hydrogen) atoms. The van der Waals surface area contributed by atoms with Crippen molar-refractivity contribution in [3.63, 3.8) is 0 Å². The van der Waals surface area contributed by atoms with E-state index in [1.165, 1.54) is 13.1 Å². The Labute approximate surface area is 125 Å². The molecular weight excluding hydrogens is 270 g/mol. The maximum Gasteiger partial charge on any atom is 0.135 e. The van der Waals surface area contributed by atoms with Gasteiger partial charge in [0.1, 0.15) is 5.84 Å². The van der Waals surface area contributed by atoms with E-state index in [0.29, 0.717) is 0 Å². The minimum absolute atomic E-state index is 0.155. The number of aromatic nitrogens is 1. The van der Waals surface area contributed by atoms with Crippen LogP contribution in [0.15, 0.2) is 0 Å². The van der Waals surface area contributed by atoms with E-state index in [1.54, 1.807) is 11.3 Å². The third kappa shape index (κ3) is 3.77. The van der Waals surface area contributed by atoms with E-state index >= 15 is 0 Å². The van der Waals surface area contributed by atoms with Crippen LogP contribution in [0.4, 0.5) is 0 Å². The summed E-state index contributed by atoms with van der Waals surface area (Å²) in [6, 6.07) is 0. The second-order valence-electron chi connectivity index (χ2n) is 5.18. The van der Waals surface area contributed by atoms with E-state index in [9.17, 15) is 0 Å². The smallest absolute Gasteiger partial charge is 0.135 e. The normalized spacial score (nSPS) is 17.5. The Morgan fingerprint density at radius 1 is 1.25 bits per heavy atom. The van der Waals surface area contributed by atoms with E-state index in [2.05, 4.69) is 28.6 Å². The highest BCUT2D eigenvalue weighted by atomic mass is 32.1. The number of nitrogens with one attached hydrogen (secondary N) is 1. The summed E-state index contributed by atoms with van der Waals surface area (Å²) in [5.74, 6) is 0.155. The van der Waals surface area contributed by atoms with Crippen LogP contribution in [0.25, 0.3) is 0 Å². The van der Waals surface area contributed by atoms with Gasteiger partial charge in [-0.2, -0.15) is 0 Å². The zero-order valence-corrected chi connectivity index (χ0v) is 13.3. The molecule has 0 radical (unpaired) electrons. The van der Waals surface area contributed by atoms with Gasteiger partial charge in [-0.15, -0.1) is 11.3 Å². The Kier molecular flexibility index (Phi) is 5.51. The standard InChI is InChI=1S/C14H25N5S/c1-3-11-13(14(15)16)20-12(17-11)5-6-19-9-7-18(4-2)8-10-19/h3-10H2,1-2H3,(H3,15,16). The number of likely N-dealkylation sites (N-methyl/N-ethyl adjacent to an activating group) is 1. The number of rotatable bonds is 6. The maximum atomic E-state index is 7.60. The van der Waals surface area contributed by atoms with Crippen molar-refractivity contribution in [3.05, 3.63) is 15.6 Å². The largest absolute Gasteiger partial charge is 0.383 e. The molecule has 112 valence electrons. The van der Waals surface area contributed by atoms with Gasteiger partial charge in [0.05, 0.1) is 15.6 Å². The molecule has 1 aliphatic heterocycles. The molecule has 0 amide bonds. The van der Waals surface area contributed by atoms with Crippen molar-refractivity contribution in [2.24, 2.45) is 5.73 Å². The summed E-state index contributed by atoms with van der Waals surface area (Å²) < 4.78 is 0. The Balaban J connectivity index is 1.87. The van der Waals surface area contributed by atoms with Crippen LogP contribution in [-0.2, 0) is 12.8 Å². The van der Waals surface area contributed by atoms with Crippen LogP contribution < -0.4 is 5.73 Å². The van der Waals surface area contributed by atoms with E-state index in [-0.39, 0.29) is 5.84 Å². The van der Waals surface area contributed by atoms with Crippen LogP contribution >= 0.6 is 11.3 Å². The highest BCUT2D eigenvalue weighted by Gasteiger charge is 2.17. The number of piperazine rings is 1. The van der Waals surface area contributed by atoms with E-state index in [0.717, 1.165) is 54.6 Å². The number of aryl methyl sites for hydroxylation is 1. The van der Waals surface area contributed by atoms with Gasteiger partial charge in [0.15, 0.2) is 0 Å². The van der Waals surface area contributed by atoms with Crippen LogP contribution in [0.1, 0.15) is 29.4 Å². The first-order chi connectivity index (χ1) is 9.63. The molecule has 1 aromatic heterocycles. The van der Waals surface area contributed by atoms with Gasteiger partial charge in [0.25, 0.3) is 0 Å². The number of nitrogens with zero attached hydrogens (tertiary/aromatic N) is 3. The third-order valence-corrected chi connectivity index (χ3v) is 5.07. The molecule has 3 N–H and O–H groups in total. The molecule has 5 nitrogen and oxygen atoms in total. The number of hydrogen-bond donors (Lipinski definition) is 2. The quantitative estimate of drug-likeness (QED) is 0.610. The van der Waals surface area contributed by atoms with Crippen molar-refractivity contribution in [2.45, 2.75) is 26.7 Å². The zero-order chi connectivity index (χ0) is 14.5. The molecule has 0 aromatic carbocycles. The molecule has 1 saturated heterocycles. The molecule has 2 rings (SSSR count). The van der Waals surface area contributed by atoms with Crippen LogP contribution in [0.3, 0.4) is 0 Å². The molecule has 0 atom stereocenters. The van der Waals surface area contributed by atoms with Crippen LogP contribution in [0, 0.1) is 5.41 Å². The van der Waals surface area contributed by atoms with Gasteiger partial charge < -0.3 is 15.5 Å². The van der Waals surface area contributed by atoms with Crippen molar-refractivity contribution in [1.82, 2.24) is 14.8 Å². The molecule has 2 heterocycles. The van der Waals surface area contributed by atoms with Gasteiger partial charge in [0.2, 0.25) is 0 Å². The Hall–Kier alpha value is -0.980. The lowest BCUT2D eigenvalue weighted by molar-refractivity contribution is 0.138. The lowest BCUT2D eigenvalue weighted by atomic mass is 10.2. The van der Waals surface area contributed by atoms with Gasteiger partial charge in [-0.1, -0.05) is 13.8 Å². The summed E-state index contributed by atoms with van der Waals surface area (Å²) in [5.41, 5.74) is 6.59. The van der Waals surface area contributed by atoms with Crippen molar-refractivity contribution in [2.75, 3.05) is 39.3 Å². The third-order valence-electron chi connectivity index (χ3n) is 3.88. The first kappa shape index (κ1) is 15.4. The molecule has 6 heteroatoms. The number of nitrogens with two attached hydrogens (primary N) is 1. The lowest BCUT2D eigenvalue weighted by Gasteiger charge is -2.33. The first-order valence-corrected chi connectivity index (χ1v) is 8.23. The Morgan fingerprint density at radius 2 is 1.90 bits per heavy atom. The number of thiazole rings is 1. The minimum atomic E-state index is 0.155. The molecule has 0 spiro atoms. The second kappa shape index (κ2) is 7.15. The van der Waals surface area contributed by atoms with Gasteiger partial charge in [-0.05, 0) is 13.0 Å². The summed E-state index contributed by atoms with van der Waals surface area (Å²) in [4.78, 5) is 10.5. The monoisotopic (exact) mass is 295 g/mol. The molecule has 0 aliphatic carbocycles. The Morgan fingerprint density at radius 3 is 2.40 bits per heavy atom. The van der Waals surface area contributed by atoms with Gasteiger partial charge >= 0.3 is 0 Å². The second-order valence-corrected chi connectivity index (χ2v) is 6.26. The zero-order valence-electron chi connectivity index (χ0n) is 12.5. The number of nitrogen functional groups attached to an aromatic ring is 1. The summed E-state index contributed by atoms with van der Waals surface area (Å²) >= 11 is 1.59. The average molecular weight is 295 g/mol. The number of hydrogen-bond acceptors (Lipinski definition) is 5. The topological polar surface area (TPSA) is 69.2 Å². The van der Waals surface area contributed by atoms with Crippen molar-refractivity contribution in [3.8, 4) is 0 Å². The fourth-order valence-electron chi connectivity index (χ4n) is 2.54. The molecular formula is C14H25N5S. The van der Waals surface area contributed by atoms with Crippen molar-refractivity contribution in [1.29, 1.82) is 5.41 Å². The van der Waals surface area contributed by atoms with Crippen LogP contribution in [-0.4, -0.2) is 59.9 Å². The Bertz CT molecular complexity index is 448. The average Bonchev–Trinajstić information content (AvgIpc) is 2.89. The predicted octanol–water partition coefficient (Wildman–Crippen LogP) is 1.17. The van der Waals surface area contributed by atoms with E-state index in [1.807, 2.05) is 0 Å². The lowest BCUT2D eigenvalue weighted by Crippen LogP contribution is -2.46. The highest BCUT2D eigenvalue weighted by molar-refractivity contribution is 7.13. The van der Waals surface area contributed by atoms with E-state index in [4.69, 9.17) is 11.1 Å². The SMILES string of the molecule is CCc1nc(CCN2CCN(CC)CC2)sc1C(=N)N. The van der Waals surface area contributed by atoms with Crippen LogP contribution in [0.2, 0.25) is 0 Å². The summed E-state index contributed by atoms with van der Waals surface area (Å²) in [6.07, 6.45) is 1.82. The highest BCUT2D eigenvalue weighted by Crippen LogP contribution is 2.19. The fraction of sp³-hybridized carbons (Fsp3) is 0.714.